The van der Waals surface area contributed by atoms with Gasteiger partial charge in [0.15, 0.2) is 0 Å². The van der Waals surface area contributed by atoms with Crippen LogP contribution in [0.4, 0.5) is 4.79 Å². The number of primary amides is 1. The molecule has 110 valence electrons. The van der Waals surface area contributed by atoms with Crippen LogP contribution in [-0.4, -0.2) is 48.6 Å². The molecule has 4 N–H and O–H groups in total. The van der Waals surface area contributed by atoms with Crippen molar-refractivity contribution in [3.8, 4) is 0 Å². The van der Waals surface area contributed by atoms with E-state index in [1.54, 1.807) is 0 Å². The minimum Gasteiger partial charge on any atom is -0.352 e. The highest BCUT2D eigenvalue weighted by molar-refractivity contribution is 5.78. The van der Waals surface area contributed by atoms with Gasteiger partial charge in [-0.15, -0.1) is 0 Å². The van der Waals surface area contributed by atoms with Crippen LogP contribution in [0.2, 0.25) is 0 Å². The zero-order valence-corrected chi connectivity index (χ0v) is 12.2. The lowest BCUT2D eigenvalue weighted by Gasteiger charge is -2.33. The summed E-state index contributed by atoms with van der Waals surface area (Å²) in [7, 11) is 0. The van der Waals surface area contributed by atoms with Gasteiger partial charge in [-0.2, -0.15) is 0 Å². The SMILES string of the molecule is CC(C)(C)NCC(=O)N1CCCC(CNC(N)=O)C1. The molecule has 0 aromatic rings. The number of likely N-dealkylation sites (tertiary alicyclic amines) is 1. The van der Waals surface area contributed by atoms with Crippen LogP contribution in [-0.2, 0) is 4.79 Å². The highest BCUT2D eigenvalue weighted by Crippen LogP contribution is 2.15. The van der Waals surface area contributed by atoms with Crippen molar-refractivity contribution in [1.82, 2.24) is 15.5 Å². The Bertz CT molecular complexity index is 325. The number of hydrogen-bond acceptors (Lipinski definition) is 3. The second-order valence-electron chi connectivity index (χ2n) is 6.20. The number of carbonyl (C=O) groups is 2. The van der Waals surface area contributed by atoms with Crippen LogP contribution >= 0.6 is 0 Å². The highest BCUT2D eigenvalue weighted by atomic mass is 16.2. The van der Waals surface area contributed by atoms with Gasteiger partial charge in [-0.25, -0.2) is 4.79 Å². The number of urea groups is 1. The van der Waals surface area contributed by atoms with Crippen LogP contribution in [0.15, 0.2) is 0 Å². The van der Waals surface area contributed by atoms with Gasteiger partial charge in [0.1, 0.15) is 0 Å². The fraction of sp³-hybridized carbons (Fsp3) is 0.846. The maximum atomic E-state index is 12.1. The Morgan fingerprint density at radius 3 is 2.63 bits per heavy atom. The smallest absolute Gasteiger partial charge is 0.312 e. The van der Waals surface area contributed by atoms with Gasteiger partial charge in [0.05, 0.1) is 6.54 Å². The summed E-state index contributed by atoms with van der Waals surface area (Å²) in [4.78, 5) is 24.6. The molecule has 1 rings (SSSR count). The molecule has 19 heavy (non-hydrogen) atoms. The summed E-state index contributed by atoms with van der Waals surface area (Å²) in [5.41, 5.74) is 5.00. The van der Waals surface area contributed by atoms with Gasteiger partial charge in [-0.3, -0.25) is 4.79 Å². The van der Waals surface area contributed by atoms with E-state index in [9.17, 15) is 9.59 Å². The molecule has 1 fully saturated rings. The Morgan fingerprint density at radius 1 is 1.37 bits per heavy atom. The molecule has 1 aliphatic rings. The molecule has 6 heteroatoms. The van der Waals surface area contributed by atoms with Crippen molar-refractivity contribution >= 4 is 11.9 Å². The average molecular weight is 270 g/mol. The van der Waals surface area contributed by atoms with E-state index in [0.717, 1.165) is 19.4 Å². The van der Waals surface area contributed by atoms with E-state index in [-0.39, 0.29) is 11.4 Å². The molecular weight excluding hydrogens is 244 g/mol. The van der Waals surface area contributed by atoms with Crippen molar-refractivity contribution in [1.29, 1.82) is 0 Å². The molecule has 0 radical (unpaired) electrons. The lowest BCUT2D eigenvalue weighted by Crippen LogP contribution is -2.49. The van der Waals surface area contributed by atoms with E-state index in [4.69, 9.17) is 5.73 Å². The number of carbonyl (C=O) groups excluding carboxylic acids is 2. The summed E-state index contributed by atoms with van der Waals surface area (Å²) in [6.07, 6.45) is 2.00. The summed E-state index contributed by atoms with van der Waals surface area (Å²) in [6.45, 7) is 8.52. The number of nitrogens with one attached hydrogen (secondary N) is 2. The van der Waals surface area contributed by atoms with Crippen molar-refractivity contribution in [2.45, 2.75) is 39.2 Å². The maximum absolute atomic E-state index is 12.1. The second-order valence-corrected chi connectivity index (χ2v) is 6.20. The van der Waals surface area contributed by atoms with Crippen LogP contribution in [0.25, 0.3) is 0 Å². The van der Waals surface area contributed by atoms with Crippen LogP contribution in [0.1, 0.15) is 33.6 Å². The highest BCUT2D eigenvalue weighted by Gasteiger charge is 2.24. The number of piperidine rings is 1. The molecule has 3 amide bonds. The third kappa shape index (κ3) is 6.42. The third-order valence-electron chi connectivity index (χ3n) is 3.21. The maximum Gasteiger partial charge on any atom is 0.312 e. The van der Waals surface area contributed by atoms with E-state index in [0.29, 0.717) is 25.6 Å². The molecule has 0 aromatic heterocycles. The zero-order valence-electron chi connectivity index (χ0n) is 12.2. The Balaban J connectivity index is 2.37. The Morgan fingerprint density at radius 2 is 2.05 bits per heavy atom. The van der Waals surface area contributed by atoms with Crippen molar-refractivity contribution in [3.05, 3.63) is 0 Å². The molecule has 1 unspecified atom stereocenters. The van der Waals surface area contributed by atoms with Gasteiger partial charge in [0, 0.05) is 25.2 Å². The summed E-state index contributed by atoms with van der Waals surface area (Å²) < 4.78 is 0. The summed E-state index contributed by atoms with van der Waals surface area (Å²) >= 11 is 0. The van der Waals surface area contributed by atoms with Crippen LogP contribution in [0, 0.1) is 5.92 Å². The van der Waals surface area contributed by atoms with E-state index in [1.807, 2.05) is 25.7 Å². The van der Waals surface area contributed by atoms with Crippen LogP contribution in [0.5, 0.6) is 0 Å². The van der Waals surface area contributed by atoms with Crippen LogP contribution < -0.4 is 16.4 Å². The Kier molecular flexibility index (Phi) is 5.60. The van der Waals surface area contributed by atoms with E-state index >= 15 is 0 Å². The first-order chi connectivity index (χ1) is 8.78. The number of nitrogens with two attached hydrogens (primary N) is 1. The average Bonchev–Trinajstić information content (AvgIpc) is 2.33. The minimum atomic E-state index is -0.502. The van der Waals surface area contributed by atoms with Crippen molar-refractivity contribution in [2.75, 3.05) is 26.2 Å². The van der Waals surface area contributed by atoms with Gasteiger partial charge >= 0.3 is 6.03 Å². The molecule has 0 spiro atoms. The molecule has 0 saturated carbocycles. The topological polar surface area (TPSA) is 87.5 Å². The molecular formula is C13H26N4O2. The monoisotopic (exact) mass is 270 g/mol. The van der Waals surface area contributed by atoms with Crippen molar-refractivity contribution in [3.63, 3.8) is 0 Å². The molecule has 1 saturated heterocycles. The molecule has 1 atom stereocenters. The zero-order chi connectivity index (χ0) is 14.5. The summed E-state index contributed by atoms with van der Waals surface area (Å²) in [5.74, 6) is 0.429. The Labute approximate surface area is 115 Å². The lowest BCUT2D eigenvalue weighted by atomic mass is 9.98. The van der Waals surface area contributed by atoms with Crippen molar-refractivity contribution in [2.24, 2.45) is 11.7 Å². The van der Waals surface area contributed by atoms with Gasteiger partial charge in [-0.05, 0) is 39.5 Å². The first-order valence-electron chi connectivity index (χ1n) is 6.84. The predicted molar refractivity (Wildman–Crippen MR) is 74.6 cm³/mol. The number of amides is 3. The molecule has 0 bridgehead atoms. The fourth-order valence-electron chi connectivity index (χ4n) is 2.16. The molecule has 6 nitrogen and oxygen atoms in total. The van der Waals surface area contributed by atoms with Gasteiger partial charge in [0.2, 0.25) is 5.91 Å². The molecule has 1 aliphatic heterocycles. The second kappa shape index (κ2) is 6.75. The van der Waals surface area contributed by atoms with Gasteiger partial charge in [-0.1, -0.05) is 0 Å². The van der Waals surface area contributed by atoms with Gasteiger partial charge < -0.3 is 21.3 Å². The first-order valence-corrected chi connectivity index (χ1v) is 6.84. The number of rotatable bonds is 4. The summed E-state index contributed by atoms with van der Waals surface area (Å²) in [6, 6.07) is -0.502. The predicted octanol–water partition coefficient (Wildman–Crippen LogP) is 0.281. The molecule has 1 heterocycles. The minimum absolute atomic E-state index is 0.0572. The standard InChI is InChI=1S/C13H26N4O2/c1-13(2,3)16-8-11(18)17-6-4-5-10(9-17)7-15-12(14)19/h10,16H,4-9H2,1-3H3,(H3,14,15,19). The largest absolute Gasteiger partial charge is 0.352 e. The summed E-state index contributed by atoms with van der Waals surface area (Å²) in [5, 5.41) is 5.82. The van der Waals surface area contributed by atoms with Crippen molar-refractivity contribution < 1.29 is 9.59 Å². The first kappa shape index (κ1) is 15.8. The van der Waals surface area contributed by atoms with E-state index in [2.05, 4.69) is 10.6 Å². The normalized spacial score (nSPS) is 20.2. The molecule has 0 aliphatic carbocycles. The fourth-order valence-corrected chi connectivity index (χ4v) is 2.16. The third-order valence-corrected chi connectivity index (χ3v) is 3.21. The number of hydrogen-bond donors (Lipinski definition) is 3. The van der Waals surface area contributed by atoms with E-state index < -0.39 is 6.03 Å². The van der Waals surface area contributed by atoms with Gasteiger partial charge in [0.25, 0.3) is 0 Å². The quantitative estimate of drug-likeness (QED) is 0.686. The lowest BCUT2D eigenvalue weighted by molar-refractivity contribution is -0.132. The van der Waals surface area contributed by atoms with Crippen LogP contribution in [0.3, 0.4) is 0 Å². The Hall–Kier alpha value is -1.30. The number of nitrogens with zero attached hydrogens (tertiary/aromatic N) is 1. The van der Waals surface area contributed by atoms with E-state index in [1.165, 1.54) is 0 Å². The molecule has 0 aromatic carbocycles.